The first kappa shape index (κ1) is 13.1. The number of nitrogens with zero attached hydrogens (tertiary/aromatic N) is 3. The molecule has 0 spiro atoms. The number of ether oxygens (including phenoxy) is 1. The van der Waals surface area contributed by atoms with Gasteiger partial charge in [0.05, 0.1) is 0 Å². The average Bonchev–Trinajstić information content (AvgIpc) is 2.82. The van der Waals surface area contributed by atoms with Crippen LogP contribution in [0.2, 0.25) is 0 Å². The van der Waals surface area contributed by atoms with Gasteiger partial charge in [0, 0.05) is 31.2 Å². The highest BCUT2D eigenvalue weighted by atomic mass is 16.5. The lowest BCUT2D eigenvalue weighted by molar-refractivity contribution is 0.0677. The summed E-state index contributed by atoms with van der Waals surface area (Å²) < 4.78 is 7.85. The molecule has 0 amide bonds. The molecule has 106 valence electrons. The van der Waals surface area contributed by atoms with E-state index in [1.54, 1.807) is 0 Å². The minimum atomic E-state index is 0.386. The molecule has 5 heteroatoms. The normalized spacial score (nSPS) is 29.6. The number of nitrogens with two attached hydrogens (primary N) is 1. The lowest BCUT2D eigenvalue weighted by Gasteiger charge is -2.30. The predicted molar refractivity (Wildman–Crippen MR) is 73.0 cm³/mol. The molecule has 2 N–H and O–H groups in total. The largest absolute Gasteiger partial charge is 0.381 e. The van der Waals surface area contributed by atoms with Gasteiger partial charge in [-0.25, -0.2) is 0 Å². The molecule has 5 nitrogen and oxygen atoms in total. The van der Waals surface area contributed by atoms with Crippen LogP contribution in [0.4, 0.5) is 0 Å². The molecule has 1 saturated carbocycles. The summed E-state index contributed by atoms with van der Waals surface area (Å²) in [6, 6.07) is 0.908. The van der Waals surface area contributed by atoms with E-state index in [1.807, 2.05) is 0 Å². The fourth-order valence-electron chi connectivity index (χ4n) is 3.44. The van der Waals surface area contributed by atoms with Crippen LogP contribution in [-0.4, -0.2) is 34.0 Å². The van der Waals surface area contributed by atoms with Crippen molar-refractivity contribution in [1.82, 2.24) is 14.8 Å². The Bertz CT molecular complexity index is 417. The molecular weight excluding hydrogens is 240 g/mol. The Morgan fingerprint density at radius 3 is 2.42 bits per heavy atom. The maximum Gasteiger partial charge on any atom is 0.136 e. The van der Waals surface area contributed by atoms with Gasteiger partial charge in [0.2, 0.25) is 0 Å². The monoisotopic (exact) mass is 264 g/mol. The molecule has 2 aliphatic rings. The molecule has 1 aromatic rings. The Morgan fingerprint density at radius 2 is 1.74 bits per heavy atom. The van der Waals surface area contributed by atoms with Crippen LogP contribution in [0.3, 0.4) is 0 Å². The Hall–Kier alpha value is -0.940. The summed E-state index contributed by atoms with van der Waals surface area (Å²) in [6.07, 6.45) is 6.70. The van der Waals surface area contributed by atoms with E-state index in [0.717, 1.165) is 57.6 Å². The topological polar surface area (TPSA) is 66.0 Å². The highest BCUT2D eigenvalue weighted by molar-refractivity contribution is 5.05. The minimum Gasteiger partial charge on any atom is -0.381 e. The molecule has 1 aliphatic heterocycles. The zero-order valence-corrected chi connectivity index (χ0v) is 11.7. The molecule has 0 aromatic carbocycles. The number of aromatic nitrogens is 3. The summed E-state index contributed by atoms with van der Waals surface area (Å²) in [7, 11) is 0. The molecule has 0 atom stereocenters. The predicted octanol–water partition coefficient (Wildman–Crippen LogP) is 1.92. The molecule has 0 bridgehead atoms. The van der Waals surface area contributed by atoms with E-state index in [-0.39, 0.29) is 0 Å². The minimum absolute atomic E-state index is 0.386. The third-order valence-electron chi connectivity index (χ3n) is 4.59. The van der Waals surface area contributed by atoms with Gasteiger partial charge in [-0.3, -0.25) is 0 Å². The van der Waals surface area contributed by atoms with Crippen LogP contribution in [0.5, 0.6) is 0 Å². The summed E-state index contributed by atoms with van der Waals surface area (Å²) >= 11 is 0. The van der Waals surface area contributed by atoms with Gasteiger partial charge in [0.15, 0.2) is 0 Å². The second-order valence-electron chi connectivity index (χ2n) is 5.93. The standard InChI is InChI=1S/C14H24N4O/c1-10-16-17-14(11-2-4-12(15)5-3-11)18(10)13-6-8-19-9-7-13/h11-13H,2-9,15H2,1H3. The molecule has 1 aliphatic carbocycles. The fraction of sp³-hybridized carbons (Fsp3) is 0.857. The smallest absolute Gasteiger partial charge is 0.136 e. The molecule has 0 unspecified atom stereocenters. The van der Waals surface area contributed by atoms with Gasteiger partial charge in [0.1, 0.15) is 11.6 Å². The third kappa shape index (κ3) is 2.67. The second kappa shape index (κ2) is 5.59. The lowest BCUT2D eigenvalue weighted by atomic mass is 9.85. The highest BCUT2D eigenvalue weighted by Gasteiger charge is 2.28. The first-order chi connectivity index (χ1) is 9.25. The van der Waals surface area contributed by atoms with Crippen LogP contribution in [0.15, 0.2) is 0 Å². The van der Waals surface area contributed by atoms with Crippen molar-refractivity contribution in [2.75, 3.05) is 13.2 Å². The molecule has 3 rings (SSSR count). The molecule has 2 heterocycles. The molecular formula is C14H24N4O. The Labute approximate surface area is 114 Å². The first-order valence-corrected chi connectivity index (χ1v) is 7.50. The molecule has 19 heavy (non-hydrogen) atoms. The van der Waals surface area contributed by atoms with Crippen LogP contribution >= 0.6 is 0 Å². The quantitative estimate of drug-likeness (QED) is 0.886. The Balaban J connectivity index is 1.81. The van der Waals surface area contributed by atoms with Gasteiger partial charge in [-0.05, 0) is 45.4 Å². The summed E-state index contributed by atoms with van der Waals surface area (Å²) in [4.78, 5) is 0. The van der Waals surface area contributed by atoms with Crippen LogP contribution in [0.1, 0.15) is 62.1 Å². The highest BCUT2D eigenvalue weighted by Crippen LogP contribution is 2.34. The van der Waals surface area contributed by atoms with Gasteiger partial charge in [0.25, 0.3) is 0 Å². The van der Waals surface area contributed by atoms with E-state index < -0.39 is 0 Å². The van der Waals surface area contributed by atoms with E-state index in [2.05, 4.69) is 21.7 Å². The van der Waals surface area contributed by atoms with Gasteiger partial charge in [-0.15, -0.1) is 10.2 Å². The average molecular weight is 264 g/mol. The molecule has 1 aromatic heterocycles. The van der Waals surface area contributed by atoms with E-state index >= 15 is 0 Å². The van der Waals surface area contributed by atoms with Gasteiger partial charge in [-0.1, -0.05) is 0 Å². The summed E-state index contributed by atoms with van der Waals surface area (Å²) in [6.45, 7) is 3.79. The molecule has 1 saturated heterocycles. The maximum atomic E-state index is 6.00. The summed E-state index contributed by atoms with van der Waals surface area (Å²) in [5.41, 5.74) is 6.00. The summed E-state index contributed by atoms with van der Waals surface area (Å²) in [5.74, 6) is 2.79. The van der Waals surface area contributed by atoms with Crippen molar-refractivity contribution in [3.05, 3.63) is 11.6 Å². The van der Waals surface area contributed by atoms with Crippen LogP contribution in [0.25, 0.3) is 0 Å². The van der Waals surface area contributed by atoms with Crippen molar-refractivity contribution >= 4 is 0 Å². The van der Waals surface area contributed by atoms with Crippen LogP contribution in [0, 0.1) is 6.92 Å². The Kier molecular flexibility index (Phi) is 3.84. The van der Waals surface area contributed by atoms with E-state index in [1.165, 1.54) is 5.82 Å². The van der Waals surface area contributed by atoms with Crippen molar-refractivity contribution in [1.29, 1.82) is 0 Å². The van der Waals surface area contributed by atoms with Gasteiger partial charge >= 0.3 is 0 Å². The number of hydrogen-bond donors (Lipinski definition) is 1. The lowest BCUT2D eigenvalue weighted by Crippen LogP contribution is -2.28. The van der Waals surface area contributed by atoms with Crippen molar-refractivity contribution in [3.8, 4) is 0 Å². The van der Waals surface area contributed by atoms with Crippen molar-refractivity contribution < 1.29 is 4.74 Å². The Morgan fingerprint density at radius 1 is 1.05 bits per heavy atom. The number of aryl methyl sites for hydroxylation is 1. The fourth-order valence-corrected chi connectivity index (χ4v) is 3.44. The SMILES string of the molecule is Cc1nnc(C2CCC(N)CC2)n1C1CCOCC1. The zero-order chi connectivity index (χ0) is 13.2. The molecule has 2 fully saturated rings. The summed E-state index contributed by atoms with van der Waals surface area (Å²) in [5, 5.41) is 8.80. The van der Waals surface area contributed by atoms with Crippen molar-refractivity contribution in [3.63, 3.8) is 0 Å². The maximum absolute atomic E-state index is 6.00. The van der Waals surface area contributed by atoms with Crippen LogP contribution in [-0.2, 0) is 4.74 Å². The first-order valence-electron chi connectivity index (χ1n) is 7.50. The van der Waals surface area contributed by atoms with Gasteiger partial charge in [-0.2, -0.15) is 0 Å². The third-order valence-corrected chi connectivity index (χ3v) is 4.59. The van der Waals surface area contributed by atoms with Crippen molar-refractivity contribution in [2.24, 2.45) is 5.73 Å². The van der Waals surface area contributed by atoms with Crippen LogP contribution < -0.4 is 5.73 Å². The van der Waals surface area contributed by atoms with Gasteiger partial charge < -0.3 is 15.0 Å². The number of hydrogen-bond acceptors (Lipinski definition) is 4. The zero-order valence-electron chi connectivity index (χ0n) is 11.7. The number of rotatable bonds is 2. The van der Waals surface area contributed by atoms with E-state index in [0.29, 0.717) is 18.0 Å². The second-order valence-corrected chi connectivity index (χ2v) is 5.93. The van der Waals surface area contributed by atoms with E-state index in [4.69, 9.17) is 10.5 Å². The van der Waals surface area contributed by atoms with E-state index in [9.17, 15) is 0 Å². The van der Waals surface area contributed by atoms with Crippen molar-refractivity contribution in [2.45, 2.75) is 63.5 Å². The molecule has 0 radical (unpaired) electrons.